The van der Waals surface area contributed by atoms with Gasteiger partial charge in [0.15, 0.2) is 0 Å². The number of nitrogens with zero attached hydrogens (tertiary/aromatic N) is 3. The summed E-state index contributed by atoms with van der Waals surface area (Å²) in [4.78, 5) is 8.84. The van der Waals surface area contributed by atoms with Crippen LogP contribution in [-0.2, 0) is 7.05 Å². The molecule has 0 spiro atoms. The lowest BCUT2D eigenvalue weighted by Crippen LogP contribution is -2.16. The second-order valence-corrected chi connectivity index (χ2v) is 9.34. The number of anilines is 1. The molecule has 2 atom stereocenters. The molecule has 36 heavy (non-hydrogen) atoms. The molecule has 7 nitrogen and oxygen atoms in total. The molecule has 2 heterocycles. The molecule has 0 saturated heterocycles. The first-order valence-corrected chi connectivity index (χ1v) is 11.9. The van der Waals surface area contributed by atoms with Gasteiger partial charge in [-0.25, -0.2) is 15.8 Å². The lowest BCUT2D eigenvalue weighted by molar-refractivity contribution is 0.212. The van der Waals surface area contributed by atoms with Crippen molar-refractivity contribution in [3.8, 4) is 11.1 Å². The first-order valence-electron chi connectivity index (χ1n) is 11.1. The van der Waals surface area contributed by atoms with Crippen molar-refractivity contribution in [3.05, 3.63) is 112 Å². The third-order valence-corrected chi connectivity index (χ3v) is 6.69. The molecule has 0 aliphatic rings. The molecule has 0 bridgehead atoms. The SMILES string of the molecule is Cn1cncc1C(O)c1c(NN)nc2ccc(C(O)c3ccc(Cl)cc3)cc2c1-c1cccc(Cl)c1. The second kappa shape index (κ2) is 9.89. The van der Waals surface area contributed by atoms with Gasteiger partial charge in [-0.2, -0.15) is 0 Å². The number of aliphatic hydroxyl groups is 2. The van der Waals surface area contributed by atoms with Crippen molar-refractivity contribution < 1.29 is 10.2 Å². The first kappa shape index (κ1) is 24.2. The summed E-state index contributed by atoms with van der Waals surface area (Å²) in [5, 5.41) is 24.5. The van der Waals surface area contributed by atoms with Gasteiger partial charge in [-0.3, -0.25) is 0 Å². The summed E-state index contributed by atoms with van der Waals surface area (Å²) < 4.78 is 1.73. The number of nitrogens with one attached hydrogen (secondary N) is 1. The van der Waals surface area contributed by atoms with Crippen LogP contribution in [0.1, 0.15) is 34.6 Å². The highest BCUT2D eigenvalue weighted by molar-refractivity contribution is 6.31. The zero-order chi connectivity index (χ0) is 25.4. The van der Waals surface area contributed by atoms with Gasteiger partial charge in [0.1, 0.15) is 18.0 Å². The van der Waals surface area contributed by atoms with Crippen molar-refractivity contribution in [3.63, 3.8) is 0 Å². The van der Waals surface area contributed by atoms with Gasteiger partial charge in [-0.05, 0) is 53.1 Å². The lowest BCUT2D eigenvalue weighted by Gasteiger charge is -2.22. The topological polar surface area (TPSA) is 109 Å². The molecule has 5 aromatic rings. The Morgan fingerprint density at radius 3 is 2.33 bits per heavy atom. The molecule has 0 aliphatic heterocycles. The summed E-state index contributed by atoms with van der Waals surface area (Å²) >= 11 is 12.4. The molecule has 5 N–H and O–H groups in total. The van der Waals surface area contributed by atoms with Crippen LogP contribution in [0.4, 0.5) is 5.82 Å². The molecule has 0 aliphatic carbocycles. The third-order valence-electron chi connectivity index (χ3n) is 6.21. The summed E-state index contributed by atoms with van der Waals surface area (Å²) in [5.41, 5.74) is 7.12. The van der Waals surface area contributed by atoms with E-state index in [1.807, 2.05) is 36.4 Å². The van der Waals surface area contributed by atoms with Crippen LogP contribution in [0, 0.1) is 0 Å². The molecule has 3 aromatic carbocycles. The Morgan fingerprint density at radius 1 is 0.917 bits per heavy atom. The number of fused-ring (bicyclic) bond motifs is 1. The van der Waals surface area contributed by atoms with Crippen LogP contribution in [0.25, 0.3) is 22.0 Å². The summed E-state index contributed by atoms with van der Waals surface area (Å²) in [5.74, 6) is 6.21. The monoisotopic (exact) mass is 519 g/mol. The zero-order valence-corrected chi connectivity index (χ0v) is 20.7. The van der Waals surface area contributed by atoms with E-state index in [4.69, 9.17) is 29.0 Å². The molecule has 0 radical (unpaired) electrons. The summed E-state index contributed by atoms with van der Waals surface area (Å²) in [6, 6.07) is 19.9. The molecule has 2 aromatic heterocycles. The number of aryl methyl sites for hydroxylation is 1. The molecular formula is C27H23Cl2N5O2. The Morgan fingerprint density at radius 2 is 1.67 bits per heavy atom. The van der Waals surface area contributed by atoms with Crippen molar-refractivity contribution in [1.82, 2.24) is 14.5 Å². The fourth-order valence-electron chi connectivity index (χ4n) is 4.41. The second-order valence-electron chi connectivity index (χ2n) is 8.47. The van der Waals surface area contributed by atoms with E-state index >= 15 is 0 Å². The standard InChI is InChI=1S/C27H23Cl2N5O2/c1-34-14-31-13-22(34)26(36)24-23(16-3-2-4-19(29)11-16)20-12-17(7-10-21(20)32-27(24)33-30)25(35)15-5-8-18(28)9-6-15/h2-14,25-26,35-36H,30H2,1H3,(H,32,33). The summed E-state index contributed by atoms with van der Waals surface area (Å²) in [7, 11) is 1.80. The maximum absolute atomic E-state index is 11.5. The molecule has 9 heteroatoms. The number of aliphatic hydroxyl groups excluding tert-OH is 2. The largest absolute Gasteiger partial charge is 0.384 e. The lowest BCUT2D eigenvalue weighted by atomic mass is 9.90. The van der Waals surface area contributed by atoms with Crippen molar-refractivity contribution >= 4 is 39.9 Å². The molecule has 2 unspecified atom stereocenters. The average Bonchev–Trinajstić information content (AvgIpc) is 3.32. The number of hydrogen-bond acceptors (Lipinski definition) is 6. The van der Waals surface area contributed by atoms with Crippen LogP contribution < -0.4 is 11.3 Å². The fourth-order valence-corrected chi connectivity index (χ4v) is 4.73. The maximum Gasteiger partial charge on any atom is 0.147 e. The Bertz CT molecular complexity index is 1550. The molecule has 182 valence electrons. The van der Waals surface area contributed by atoms with Crippen molar-refractivity contribution in [2.45, 2.75) is 12.2 Å². The Hall–Kier alpha value is -3.46. The predicted molar refractivity (Wildman–Crippen MR) is 143 cm³/mol. The first-order chi connectivity index (χ1) is 17.4. The minimum Gasteiger partial charge on any atom is -0.384 e. The average molecular weight is 520 g/mol. The molecule has 0 saturated carbocycles. The van der Waals surface area contributed by atoms with E-state index in [9.17, 15) is 10.2 Å². The van der Waals surface area contributed by atoms with E-state index in [0.717, 1.165) is 10.9 Å². The Labute approximate surface area is 217 Å². The number of pyridine rings is 1. The van der Waals surface area contributed by atoms with Crippen LogP contribution in [0.3, 0.4) is 0 Å². The van der Waals surface area contributed by atoms with Crippen molar-refractivity contribution in [1.29, 1.82) is 0 Å². The van der Waals surface area contributed by atoms with Gasteiger partial charge in [0.05, 0.1) is 23.7 Å². The summed E-state index contributed by atoms with van der Waals surface area (Å²) in [6.45, 7) is 0. The van der Waals surface area contributed by atoms with Crippen LogP contribution in [0.5, 0.6) is 0 Å². The fraction of sp³-hybridized carbons (Fsp3) is 0.111. The zero-order valence-electron chi connectivity index (χ0n) is 19.2. The minimum atomic E-state index is -1.10. The van der Waals surface area contributed by atoms with Crippen LogP contribution in [-0.4, -0.2) is 24.7 Å². The van der Waals surface area contributed by atoms with E-state index in [2.05, 4.69) is 15.4 Å². The van der Waals surface area contributed by atoms with Crippen molar-refractivity contribution in [2.75, 3.05) is 5.43 Å². The third kappa shape index (κ3) is 4.43. The van der Waals surface area contributed by atoms with E-state index in [1.54, 1.807) is 54.5 Å². The van der Waals surface area contributed by atoms with E-state index in [1.165, 1.54) is 0 Å². The van der Waals surface area contributed by atoms with Gasteiger partial charge in [0.25, 0.3) is 0 Å². The number of hydrogen-bond donors (Lipinski definition) is 4. The quantitative estimate of drug-likeness (QED) is 0.177. The summed E-state index contributed by atoms with van der Waals surface area (Å²) in [6.07, 6.45) is 1.22. The number of rotatable bonds is 6. The van der Waals surface area contributed by atoms with E-state index < -0.39 is 12.2 Å². The van der Waals surface area contributed by atoms with Crippen LogP contribution in [0.15, 0.2) is 79.3 Å². The van der Waals surface area contributed by atoms with E-state index in [-0.39, 0.29) is 0 Å². The molecular weight excluding hydrogens is 497 g/mol. The van der Waals surface area contributed by atoms with Gasteiger partial charge < -0.3 is 20.2 Å². The van der Waals surface area contributed by atoms with Gasteiger partial charge in [-0.15, -0.1) is 0 Å². The molecule has 5 rings (SSSR count). The minimum absolute atomic E-state index is 0.317. The number of aromatic nitrogens is 3. The number of halogens is 2. The maximum atomic E-state index is 11.5. The number of nitrogens with two attached hydrogens (primary N) is 1. The van der Waals surface area contributed by atoms with Crippen LogP contribution >= 0.6 is 23.2 Å². The van der Waals surface area contributed by atoms with Gasteiger partial charge in [-0.1, -0.05) is 53.5 Å². The number of benzene rings is 3. The highest BCUT2D eigenvalue weighted by Crippen LogP contribution is 2.42. The predicted octanol–water partition coefficient (Wildman–Crippen LogP) is 5.39. The van der Waals surface area contributed by atoms with Crippen molar-refractivity contribution in [2.24, 2.45) is 12.9 Å². The number of imidazole rings is 1. The highest BCUT2D eigenvalue weighted by Gasteiger charge is 2.26. The smallest absolute Gasteiger partial charge is 0.147 e. The van der Waals surface area contributed by atoms with E-state index in [0.29, 0.717) is 49.3 Å². The molecule has 0 amide bonds. The Kier molecular flexibility index (Phi) is 6.66. The molecule has 0 fully saturated rings. The Balaban J connectivity index is 1.80. The number of nitrogen functional groups attached to an aromatic ring is 1. The normalized spacial score (nSPS) is 13.1. The van der Waals surface area contributed by atoms with Gasteiger partial charge >= 0.3 is 0 Å². The van der Waals surface area contributed by atoms with Gasteiger partial charge in [0, 0.05) is 33.6 Å². The highest BCUT2D eigenvalue weighted by atomic mass is 35.5. The van der Waals surface area contributed by atoms with Gasteiger partial charge in [0.2, 0.25) is 0 Å². The van der Waals surface area contributed by atoms with Crippen LogP contribution in [0.2, 0.25) is 10.0 Å². The number of hydrazine groups is 1.